The maximum atomic E-state index is 8.47. The first-order valence-electron chi connectivity index (χ1n) is 0.583. The van der Waals surface area contributed by atoms with Gasteiger partial charge in [-0.2, -0.15) is 0 Å². The Morgan fingerprint density at radius 2 is 0.562 bits per heavy atom. The van der Waals surface area contributed by atoms with Gasteiger partial charge in [0.2, 0.25) is 0 Å². The number of hydrogen-bond donors (Lipinski definition) is 2. The van der Waals surface area contributed by atoms with Crippen LogP contribution >= 0.6 is 0 Å². The largest absolute Gasteiger partial charge is 4.00 e. The summed E-state index contributed by atoms with van der Waals surface area (Å²) < 4.78 is 0. The maximum absolute atomic E-state index is 8.47. The number of hydrogen-bond acceptors (Lipinski definition) is 4. The molecule has 114 valence electrons. The standard InChI is InChI=1S/H2NO3.6H2N.3H2O.3Pt/c2-1(3)4;;;;;;;;;;;;/h(H2,2,3,4);9*1H2;;;/q+1;6*-1;;;;3*+4/p-3. The molecule has 16 heavy (non-hydrogen) atoms. The average Bonchev–Trinajstić information content (AvgIpc) is 0.811. The molecule has 0 spiro atoms. The molecule has 0 amide bonds. The molecule has 0 aliphatic rings. The second-order valence-corrected chi connectivity index (χ2v) is 0.253. The number of nitrogens with two attached hydrogens (primary N) is 6. The first-order valence-corrected chi connectivity index (χ1v) is 0.583. The summed E-state index contributed by atoms with van der Waals surface area (Å²) in [7, 11) is 0. The van der Waals surface area contributed by atoms with Crippen molar-refractivity contribution in [2.75, 3.05) is 0 Å². The van der Waals surface area contributed by atoms with Crippen molar-refractivity contribution in [3.8, 4) is 0 Å². The second-order valence-electron chi connectivity index (χ2n) is 0.253. The zero-order valence-corrected chi connectivity index (χ0v) is 14.3. The Labute approximate surface area is 136 Å². The second kappa shape index (κ2) is 232. The molecule has 0 aromatic heterocycles. The fourth-order valence-corrected chi connectivity index (χ4v) is 0. The van der Waals surface area contributed by atoms with Crippen molar-refractivity contribution in [2.45, 2.75) is 0 Å². The topological polar surface area (TPSA) is 352 Å². The van der Waals surface area contributed by atoms with Crippen LogP contribution in [0.4, 0.5) is 0 Å². The average molecular weight is 796 g/mol. The number of nitrogens with zero attached hydrogens (tertiary/aromatic N) is 1. The molecule has 0 bridgehead atoms. The molecule has 0 saturated carbocycles. The summed E-state index contributed by atoms with van der Waals surface area (Å²) in [6.07, 6.45) is 0. The normalized spacial score (nSPS) is 1.50. The molecule has 0 aromatic rings. The van der Waals surface area contributed by atoms with Gasteiger partial charge in [-0.1, -0.05) is 0 Å². The van der Waals surface area contributed by atoms with Gasteiger partial charge in [0.15, 0.2) is 0 Å². The quantitative estimate of drug-likeness (QED) is 0.346. The summed E-state index contributed by atoms with van der Waals surface area (Å²) in [5.41, 5.74) is 0. The number of rotatable bonds is 0. The Morgan fingerprint density at radius 1 is 0.562 bits per heavy atom. The molecule has 0 aromatic carbocycles. The molecule has 0 fully saturated rings. The van der Waals surface area contributed by atoms with Crippen LogP contribution in [-0.2, 0) is 63.2 Å². The smallest absolute Gasteiger partial charge is 0.870 e. The van der Waals surface area contributed by atoms with Gasteiger partial charge in [-0.05, 0) is 0 Å². The minimum Gasteiger partial charge on any atom is -0.870 e. The summed E-state index contributed by atoms with van der Waals surface area (Å²) in [5.74, 6) is 0. The van der Waals surface area contributed by atoms with E-state index in [2.05, 4.69) is 0 Å². The fraction of sp³-hybridized carbons (Fsp3) is 0. The van der Waals surface area contributed by atoms with E-state index >= 15 is 0 Å². The Morgan fingerprint density at radius 3 is 0.562 bits per heavy atom. The third-order valence-corrected chi connectivity index (χ3v) is 0. The van der Waals surface area contributed by atoms with Gasteiger partial charge >= 0.3 is 68.3 Å². The van der Waals surface area contributed by atoms with Crippen LogP contribution in [0.25, 0.3) is 36.9 Å². The van der Waals surface area contributed by atoms with Gasteiger partial charge in [0.1, 0.15) is 4.91 Å². The van der Waals surface area contributed by atoms with E-state index in [1.807, 2.05) is 0 Å². The molecule has 13 nitrogen and oxygen atoms in total. The van der Waals surface area contributed by atoms with Crippen molar-refractivity contribution in [1.82, 2.24) is 0 Å². The van der Waals surface area contributed by atoms with Crippen molar-refractivity contribution in [3.63, 3.8) is 0 Å². The summed E-state index contributed by atoms with van der Waals surface area (Å²) in [4.78, 5) is 8.47. The van der Waals surface area contributed by atoms with E-state index < -0.39 is 5.09 Å². The Kier molecular flexibility index (Phi) is 4060. The SMILES string of the molecule is O=[N+](O)O.[NH2-].[NH2-].[NH2-].[NH2-].[NH2-].[NH2-].[OH-].[OH-].[OH-].[Pt+4].[Pt+4].[Pt+4]. The van der Waals surface area contributed by atoms with Gasteiger partial charge in [0, 0.05) is 0 Å². The molecule has 0 aliphatic heterocycles. The molecule has 0 rings (SSSR count). The van der Waals surface area contributed by atoms with E-state index in [4.69, 9.17) is 15.3 Å². The van der Waals surface area contributed by atoms with Gasteiger partial charge in [0.05, 0.1) is 0 Å². The molecule has 0 atom stereocenters. The molecular formula is H17N7O6Pt3+4. The summed E-state index contributed by atoms with van der Waals surface area (Å²) in [6.45, 7) is 0. The first kappa shape index (κ1) is 280. The van der Waals surface area contributed by atoms with Gasteiger partial charge in [0.25, 0.3) is 0 Å². The van der Waals surface area contributed by atoms with Crippen molar-refractivity contribution in [1.29, 1.82) is 0 Å². The maximum Gasteiger partial charge on any atom is 4.00 e. The predicted octanol–water partition coefficient (Wildman–Crippen LogP) is 3.31. The molecule has 0 unspecified atom stereocenters. The first-order chi connectivity index (χ1) is 1.73. The summed E-state index contributed by atoms with van der Waals surface area (Å²) >= 11 is 0. The zero-order chi connectivity index (χ0) is 3.58. The molecule has 17 N–H and O–H groups in total. The van der Waals surface area contributed by atoms with Crippen LogP contribution < -0.4 is 0 Å². The van der Waals surface area contributed by atoms with Crippen molar-refractivity contribution < 1.29 is 95.1 Å². The van der Waals surface area contributed by atoms with E-state index in [0.717, 1.165) is 0 Å². The van der Waals surface area contributed by atoms with Crippen LogP contribution in [-0.4, -0.2) is 31.9 Å². The third kappa shape index (κ3) is 3520. The van der Waals surface area contributed by atoms with Gasteiger partial charge < -0.3 is 53.3 Å². The molecule has 0 saturated heterocycles. The van der Waals surface area contributed by atoms with Crippen LogP contribution in [0.2, 0.25) is 0 Å². The fourth-order valence-electron chi connectivity index (χ4n) is 0. The predicted molar refractivity (Wildman–Crippen MR) is 44.7 cm³/mol. The summed E-state index contributed by atoms with van der Waals surface area (Å²) in [6, 6.07) is 0. The minimum atomic E-state index is -1.25. The monoisotopic (exact) mass is 796 g/mol. The van der Waals surface area contributed by atoms with E-state index in [0.29, 0.717) is 0 Å². The van der Waals surface area contributed by atoms with Crippen LogP contribution in [0.5, 0.6) is 0 Å². The molecule has 0 aliphatic carbocycles. The Balaban J connectivity index is -0.000000000682. The Hall–Kier alpha value is 0.905. The van der Waals surface area contributed by atoms with Gasteiger partial charge in [-0.3, -0.25) is 0 Å². The van der Waals surface area contributed by atoms with E-state index in [9.17, 15) is 0 Å². The Bertz CT molecular complexity index is 47.1. The van der Waals surface area contributed by atoms with Gasteiger partial charge in [-0.15, -0.1) is 0 Å². The van der Waals surface area contributed by atoms with E-state index in [1.54, 1.807) is 0 Å². The molecular weight excluding hydrogens is 779 g/mol. The van der Waals surface area contributed by atoms with Crippen LogP contribution in [0.3, 0.4) is 0 Å². The van der Waals surface area contributed by atoms with Crippen molar-refractivity contribution >= 4 is 0 Å². The molecule has 0 heterocycles. The third-order valence-electron chi connectivity index (χ3n) is 0. The molecule has 0 radical (unpaired) electrons. The van der Waals surface area contributed by atoms with Crippen molar-refractivity contribution in [2.24, 2.45) is 0 Å². The van der Waals surface area contributed by atoms with Crippen molar-refractivity contribution in [3.05, 3.63) is 41.8 Å². The zero-order valence-electron chi connectivity index (χ0n) is 7.50. The van der Waals surface area contributed by atoms with Gasteiger partial charge in [-0.25, -0.2) is 10.4 Å². The minimum absolute atomic E-state index is 0. The van der Waals surface area contributed by atoms with Crippen LogP contribution in [0, 0.1) is 4.91 Å². The summed E-state index contributed by atoms with van der Waals surface area (Å²) in [5, 5.41) is 12.5. The van der Waals surface area contributed by atoms with Crippen LogP contribution in [0.15, 0.2) is 0 Å². The van der Waals surface area contributed by atoms with E-state index in [-0.39, 0.29) is 117 Å². The van der Waals surface area contributed by atoms with Crippen LogP contribution in [0.1, 0.15) is 0 Å². The van der Waals surface area contributed by atoms with E-state index in [1.165, 1.54) is 0 Å². The molecule has 16 heteroatoms.